The van der Waals surface area contributed by atoms with E-state index >= 15 is 0 Å². The summed E-state index contributed by atoms with van der Waals surface area (Å²) >= 11 is 6.12. The number of halogens is 1. The summed E-state index contributed by atoms with van der Waals surface area (Å²) in [6, 6.07) is 13.4. The van der Waals surface area contributed by atoms with Crippen LogP contribution < -0.4 is 0 Å². The number of hydrogen-bond acceptors (Lipinski definition) is 3. The summed E-state index contributed by atoms with van der Waals surface area (Å²) < 4.78 is 1.90. The van der Waals surface area contributed by atoms with Crippen LogP contribution in [-0.2, 0) is 0 Å². The molecule has 29 heavy (non-hydrogen) atoms. The standard InChI is InChI=1S/C23H16ClNO4/c1-12-9-14(10-19-21(26)16-5-3-4-6-17(16)22(19)27)13(2)25(12)15-7-8-18(23(28)29)20(24)11-15/h3-11H,1-2H3,(H,28,29). The number of ketones is 2. The van der Waals surface area contributed by atoms with Crippen LogP contribution >= 0.6 is 11.6 Å². The number of fused-ring (bicyclic) bond motifs is 1. The molecule has 3 aromatic rings. The minimum absolute atomic E-state index is 0.0279. The Labute approximate surface area is 171 Å². The van der Waals surface area contributed by atoms with Gasteiger partial charge >= 0.3 is 5.97 Å². The molecule has 0 fully saturated rings. The number of aryl methyl sites for hydroxylation is 1. The van der Waals surface area contributed by atoms with Gasteiger partial charge in [-0.15, -0.1) is 0 Å². The third-order valence-corrected chi connectivity index (χ3v) is 5.43. The van der Waals surface area contributed by atoms with Crippen LogP contribution in [0, 0.1) is 13.8 Å². The van der Waals surface area contributed by atoms with Crippen molar-refractivity contribution in [2.45, 2.75) is 13.8 Å². The van der Waals surface area contributed by atoms with Crippen molar-refractivity contribution in [2.75, 3.05) is 0 Å². The highest BCUT2D eigenvalue weighted by Gasteiger charge is 2.32. The molecule has 1 aromatic heterocycles. The highest BCUT2D eigenvalue weighted by Crippen LogP contribution is 2.30. The van der Waals surface area contributed by atoms with E-state index < -0.39 is 5.97 Å². The molecule has 1 N–H and O–H groups in total. The lowest BCUT2D eigenvalue weighted by Crippen LogP contribution is -2.03. The molecule has 0 unspecified atom stereocenters. The zero-order valence-corrected chi connectivity index (χ0v) is 16.4. The van der Waals surface area contributed by atoms with E-state index in [4.69, 9.17) is 16.7 Å². The van der Waals surface area contributed by atoms with Gasteiger partial charge in [-0.25, -0.2) is 4.79 Å². The molecule has 0 saturated heterocycles. The summed E-state index contributed by atoms with van der Waals surface area (Å²) in [5.74, 6) is -1.64. The van der Waals surface area contributed by atoms with Gasteiger partial charge in [0.05, 0.1) is 16.2 Å². The van der Waals surface area contributed by atoms with Gasteiger partial charge in [0.25, 0.3) is 0 Å². The van der Waals surface area contributed by atoms with Gasteiger partial charge in [0.2, 0.25) is 0 Å². The molecule has 4 rings (SSSR count). The van der Waals surface area contributed by atoms with Crippen molar-refractivity contribution < 1.29 is 19.5 Å². The van der Waals surface area contributed by atoms with Crippen molar-refractivity contribution in [3.8, 4) is 5.69 Å². The Morgan fingerprint density at radius 3 is 2.17 bits per heavy atom. The van der Waals surface area contributed by atoms with Gasteiger partial charge in [-0.2, -0.15) is 0 Å². The number of hydrogen-bond donors (Lipinski definition) is 1. The Balaban J connectivity index is 1.79. The fraction of sp³-hybridized carbons (Fsp3) is 0.0870. The molecule has 0 aliphatic heterocycles. The largest absolute Gasteiger partial charge is 0.478 e. The molecular formula is C23H16ClNO4. The first-order valence-electron chi connectivity index (χ1n) is 8.92. The Bertz CT molecular complexity index is 1210. The third-order valence-electron chi connectivity index (χ3n) is 5.12. The zero-order chi connectivity index (χ0) is 20.9. The third kappa shape index (κ3) is 3.00. The van der Waals surface area contributed by atoms with Crippen molar-refractivity contribution in [3.63, 3.8) is 0 Å². The lowest BCUT2D eigenvalue weighted by atomic mass is 10.1. The SMILES string of the molecule is Cc1cc(C=C2C(=O)c3ccccc3C2=O)c(C)n1-c1ccc(C(=O)O)c(Cl)c1. The number of carbonyl (C=O) groups excluding carboxylic acids is 2. The number of nitrogens with zero attached hydrogens (tertiary/aromatic N) is 1. The van der Waals surface area contributed by atoms with Crippen LogP contribution in [-0.4, -0.2) is 27.2 Å². The summed E-state index contributed by atoms with van der Waals surface area (Å²) in [6.07, 6.45) is 1.62. The number of allylic oxidation sites excluding steroid dienone is 1. The molecule has 0 atom stereocenters. The van der Waals surface area contributed by atoms with E-state index in [1.165, 1.54) is 6.07 Å². The zero-order valence-electron chi connectivity index (χ0n) is 15.7. The van der Waals surface area contributed by atoms with Gasteiger partial charge in [0.1, 0.15) is 0 Å². The van der Waals surface area contributed by atoms with E-state index in [2.05, 4.69) is 0 Å². The second-order valence-corrected chi connectivity index (χ2v) is 7.30. The summed E-state index contributed by atoms with van der Waals surface area (Å²) in [4.78, 5) is 36.5. The Hall–Kier alpha value is -3.44. The second-order valence-electron chi connectivity index (χ2n) is 6.89. The number of carboxylic acid groups (broad SMARTS) is 1. The quantitative estimate of drug-likeness (QED) is 0.496. The first kappa shape index (κ1) is 18.9. The predicted octanol–water partition coefficient (Wildman–Crippen LogP) is 4.91. The molecule has 1 aliphatic rings. The number of carboxylic acids is 1. The summed E-state index contributed by atoms with van der Waals surface area (Å²) in [7, 11) is 0. The van der Waals surface area contributed by atoms with Crippen molar-refractivity contribution in [1.29, 1.82) is 0 Å². The van der Waals surface area contributed by atoms with E-state index in [0.717, 1.165) is 17.0 Å². The summed E-state index contributed by atoms with van der Waals surface area (Å²) in [5, 5.41) is 9.30. The number of carbonyl (C=O) groups is 3. The van der Waals surface area contributed by atoms with Gasteiger partial charge in [0, 0.05) is 28.2 Å². The molecule has 0 radical (unpaired) electrons. The minimum Gasteiger partial charge on any atom is -0.478 e. The van der Waals surface area contributed by atoms with E-state index in [0.29, 0.717) is 16.8 Å². The smallest absolute Gasteiger partial charge is 0.337 e. The lowest BCUT2D eigenvalue weighted by molar-refractivity contribution is 0.0696. The van der Waals surface area contributed by atoms with Crippen molar-refractivity contribution in [3.05, 3.63) is 92.8 Å². The highest BCUT2D eigenvalue weighted by atomic mass is 35.5. The number of aromatic carboxylic acids is 1. The van der Waals surface area contributed by atoms with E-state index in [1.807, 2.05) is 24.5 Å². The van der Waals surface area contributed by atoms with E-state index in [1.54, 1.807) is 42.5 Å². The number of rotatable bonds is 3. The number of benzene rings is 2. The Morgan fingerprint density at radius 1 is 1.00 bits per heavy atom. The summed E-state index contributed by atoms with van der Waals surface area (Å²) in [5.41, 5.74) is 4.14. The van der Waals surface area contributed by atoms with Gasteiger partial charge in [-0.05, 0) is 49.8 Å². The van der Waals surface area contributed by atoms with Crippen LogP contribution in [0.25, 0.3) is 11.8 Å². The van der Waals surface area contributed by atoms with Crippen LogP contribution in [0.5, 0.6) is 0 Å². The maximum Gasteiger partial charge on any atom is 0.337 e. The molecular weight excluding hydrogens is 390 g/mol. The molecule has 5 nitrogen and oxygen atoms in total. The first-order chi connectivity index (χ1) is 13.8. The van der Waals surface area contributed by atoms with E-state index in [9.17, 15) is 14.4 Å². The van der Waals surface area contributed by atoms with Crippen molar-refractivity contribution in [2.24, 2.45) is 0 Å². The second kappa shape index (κ2) is 6.87. The van der Waals surface area contributed by atoms with Crippen LogP contribution in [0.2, 0.25) is 5.02 Å². The predicted molar refractivity (Wildman–Crippen MR) is 110 cm³/mol. The molecule has 1 heterocycles. The van der Waals surface area contributed by atoms with Gasteiger partial charge in [0.15, 0.2) is 11.6 Å². The molecule has 2 aromatic carbocycles. The lowest BCUT2D eigenvalue weighted by Gasteiger charge is -2.11. The maximum absolute atomic E-state index is 12.7. The maximum atomic E-state index is 12.7. The van der Waals surface area contributed by atoms with Gasteiger partial charge < -0.3 is 9.67 Å². The highest BCUT2D eigenvalue weighted by molar-refractivity contribution is 6.41. The monoisotopic (exact) mass is 405 g/mol. The average Bonchev–Trinajstić information content (AvgIpc) is 3.10. The van der Waals surface area contributed by atoms with Crippen molar-refractivity contribution >= 4 is 35.2 Å². The molecule has 0 saturated carbocycles. The fourth-order valence-corrected chi connectivity index (χ4v) is 3.96. The van der Waals surface area contributed by atoms with Crippen LogP contribution in [0.4, 0.5) is 0 Å². The topological polar surface area (TPSA) is 76.4 Å². The molecule has 0 spiro atoms. The number of Topliss-reactive ketones (excluding diaryl/α,β-unsaturated/α-hetero) is 2. The van der Waals surface area contributed by atoms with Crippen LogP contribution in [0.3, 0.4) is 0 Å². The van der Waals surface area contributed by atoms with Gasteiger partial charge in [-0.3, -0.25) is 9.59 Å². The Kier molecular flexibility index (Phi) is 4.47. The van der Waals surface area contributed by atoms with Crippen LogP contribution in [0.1, 0.15) is 48.0 Å². The fourth-order valence-electron chi connectivity index (χ4n) is 3.71. The molecule has 0 bridgehead atoms. The van der Waals surface area contributed by atoms with Crippen LogP contribution in [0.15, 0.2) is 54.1 Å². The normalized spacial score (nSPS) is 13.0. The Morgan fingerprint density at radius 2 is 1.62 bits per heavy atom. The molecule has 6 heteroatoms. The van der Waals surface area contributed by atoms with Crippen molar-refractivity contribution in [1.82, 2.24) is 4.57 Å². The molecule has 1 aliphatic carbocycles. The van der Waals surface area contributed by atoms with Gasteiger partial charge in [-0.1, -0.05) is 35.9 Å². The van der Waals surface area contributed by atoms with E-state index in [-0.39, 0.29) is 27.7 Å². The minimum atomic E-state index is -1.09. The number of aromatic nitrogens is 1. The molecule has 0 amide bonds. The summed E-state index contributed by atoms with van der Waals surface area (Å²) in [6.45, 7) is 3.76. The first-order valence-corrected chi connectivity index (χ1v) is 9.29. The molecule has 144 valence electrons. The average molecular weight is 406 g/mol.